The Morgan fingerprint density at radius 3 is 2.92 bits per heavy atom. The smallest absolute Gasteiger partial charge is 0.315 e. The lowest BCUT2D eigenvalue weighted by Gasteiger charge is -2.08. The van der Waals surface area contributed by atoms with Gasteiger partial charge in [-0.15, -0.1) is 0 Å². The SMILES string of the molecule is Cc1noc(CCNC(=O)NCc2cccc(Cn3cncn3)c2)n1. The molecular weight excluding hydrogens is 322 g/mol. The summed E-state index contributed by atoms with van der Waals surface area (Å²) in [5.41, 5.74) is 2.11. The maximum absolute atomic E-state index is 11.8. The molecule has 1 aromatic carbocycles. The van der Waals surface area contributed by atoms with Crippen LogP contribution in [0.2, 0.25) is 0 Å². The van der Waals surface area contributed by atoms with E-state index in [9.17, 15) is 4.79 Å². The minimum atomic E-state index is -0.238. The second-order valence-electron chi connectivity index (χ2n) is 5.51. The highest BCUT2D eigenvalue weighted by Crippen LogP contribution is 2.06. The van der Waals surface area contributed by atoms with Crippen molar-refractivity contribution in [3.63, 3.8) is 0 Å². The highest BCUT2D eigenvalue weighted by atomic mass is 16.5. The molecule has 0 aliphatic heterocycles. The lowest BCUT2D eigenvalue weighted by molar-refractivity contribution is 0.240. The molecule has 3 rings (SSSR count). The summed E-state index contributed by atoms with van der Waals surface area (Å²) in [5, 5.41) is 13.4. The Bertz CT molecular complexity index is 814. The molecule has 0 fully saturated rings. The summed E-state index contributed by atoms with van der Waals surface area (Å²) in [6.07, 6.45) is 3.68. The van der Waals surface area contributed by atoms with Crippen LogP contribution in [0.4, 0.5) is 4.79 Å². The first-order valence-corrected chi connectivity index (χ1v) is 7.90. The second kappa shape index (κ2) is 8.04. The van der Waals surface area contributed by atoms with Crippen LogP contribution in [0, 0.1) is 6.92 Å². The van der Waals surface area contributed by atoms with Crippen molar-refractivity contribution >= 4 is 6.03 Å². The van der Waals surface area contributed by atoms with Crippen LogP contribution in [0.15, 0.2) is 41.4 Å². The van der Waals surface area contributed by atoms with Gasteiger partial charge in [0.05, 0.1) is 6.54 Å². The summed E-state index contributed by atoms with van der Waals surface area (Å²) >= 11 is 0. The van der Waals surface area contributed by atoms with Crippen molar-refractivity contribution in [3.05, 3.63) is 59.8 Å². The lowest BCUT2D eigenvalue weighted by Crippen LogP contribution is -2.36. The molecule has 0 saturated carbocycles. The van der Waals surface area contributed by atoms with Crippen LogP contribution in [0.1, 0.15) is 22.8 Å². The summed E-state index contributed by atoms with van der Waals surface area (Å²) in [6.45, 7) is 3.27. The minimum absolute atomic E-state index is 0.238. The Hall–Kier alpha value is -3.23. The fourth-order valence-corrected chi connectivity index (χ4v) is 2.31. The molecule has 0 saturated heterocycles. The van der Waals surface area contributed by atoms with Crippen molar-refractivity contribution in [3.8, 4) is 0 Å². The zero-order valence-corrected chi connectivity index (χ0v) is 13.8. The van der Waals surface area contributed by atoms with Crippen LogP contribution in [0.5, 0.6) is 0 Å². The van der Waals surface area contributed by atoms with Crippen molar-refractivity contribution in [1.82, 2.24) is 35.5 Å². The zero-order valence-electron chi connectivity index (χ0n) is 13.8. The normalized spacial score (nSPS) is 10.6. The number of aromatic nitrogens is 5. The van der Waals surface area contributed by atoms with Gasteiger partial charge in [0, 0.05) is 19.5 Å². The molecule has 0 aliphatic carbocycles. The van der Waals surface area contributed by atoms with E-state index in [1.54, 1.807) is 17.9 Å². The fourth-order valence-electron chi connectivity index (χ4n) is 2.31. The molecule has 2 N–H and O–H groups in total. The number of hydrogen-bond donors (Lipinski definition) is 2. The average molecular weight is 341 g/mol. The number of urea groups is 1. The number of amides is 2. The number of hydrogen-bond acceptors (Lipinski definition) is 6. The monoisotopic (exact) mass is 341 g/mol. The maximum atomic E-state index is 11.8. The predicted octanol–water partition coefficient (Wildman–Crippen LogP) is 1.06. The molecule has 2 heterocycles. The molecule has 0 unspecified atom stereocenters. The molecule has 3 aromatic rings. The van der Waals surface area contributed by atoms with E-state index < -0.39 is 0 Å². The van der Waals surface area contributed by atoms with Crippen LogP contribution < -0.4 is 10.6 Å². The minimum Gasteiger partial charge on any atom is -0.339 e. The van der Waals surface area contributed by atoms with Gasteiger partial charge in [-0.3, -0.25) is 0 Å². The van der Waals surface area contributed by atoms with Crippen molar-refractivity contribution in [1.29, 1.82) is 0 Å². The van der Waals surface area contributed by atoms with Crippen molar-refractivity contribution in [2.45, 2.75) is 26.4 Å². The Morgan fingerprint density at radius 1 is 1.28 bits per heavy atom. The number of carbonyl (C=O) groups is 1. The van der Waals surface area contributed by atoms with E-state index in [0.717, 1.165) is 11.1 Å². The van der Waals surface area contributed by atoms with Crippen LogP contribution in [0.3, 0.4) is 0 Å². The van der Waals surface area contributed by atoms with Crippen LogP contribution in [-0.2, 0) is 19.5 Å². The third-order valence-electron chi connectivity index (χ3n) is 3.45. The number of nitrogens with one attached hydrogen (secondary N) is 2. The number of benzene rings is 1. The number of carbonyl (C=O) groups excluding carboxylic acids is 1. The van der Waals surface area contributed by atoms with Crippen LogP contribution in [-0.4, -0.2) is 37.5 Å². The molecular formula is C16H19N7O2. The van der Waals surface area contributed by atoms with E-state index >= 15 is 0 Å². The number of rotatable bonds is 7. The summed E-state index contributed by atoms with van der Waals surface area (Å²) < 4.78 is 6.74. The molecule has 2 amide bonds. The van der Waals surface area contributed by atoms with Gasteiger partial charge in [0.1, 0.15) is 12.7 Å². The van der Waals surface area contributed by atoms with Gasteiger partial charge in [-0.25, -0.2) is 14.5 Å². The van der Waals surface area contributed by atoms with Gasteiger partial charge in [0.25, 0.3) is 0 Å². The molecule has 0 spiro atoms. The molecule has 0 bridgehead atoms. The highest BCUT2D eigenvalue weighted by Gasteiger charge is 2.05. The van der Waals surface area contributed by atoms with Gasteiger partial charge < -0.3 is 15.2 Å². The van der Waals surface area contributed by atoms with E-state index in [2.05, 4.69) is 30.9 Å². The predicted molar refractivity (Wildman–Crippen MR) is 88.5 cm³/mol. The van der Waals surface area contributed by atoms with E-state index in [4.69, 9.17) is 4.52 Å². The Balaban J connectivity index is 1.42. The first kappa shape index (κ1) is 16.6. The van der Waals surface area contributed by atoms with Gasteiger partial charge in [0.2, 0.25) is 5.89 Å². The van der Waals surface area contributed by atoms with Gasteiger partial charge in [-0.2, -0.15) is 10.1 Å². The molecule has 2 aromatic heterocycles. The molecule has 0 atom stereocenters. The number of nitrogens with zero attached hydrogens (tertiary/aromatic N) is 5. The van der Waals surface area contributed by atoms with Crippen LogP contribution in [0.25, 0.3) is 0 Å². The summed E-state index contributed by atoms with van der Waals surface area (Å²) in [5.74, 6) is 1.10. The Kier molecular flexibility index (Phi) is 5.35. The largest absolute Gasteiger partial charge is 0.339 e. The third-order valence-corrected chi connectivity index (χ3v) is 3.45. The quantitative estimate of drug-likeness (QED) is 0.665. The zero-order chi connectivity index (χ0) is 17.5. The number of aryl methyl sites for hydroxylation is 1. The van der Waals surface area contributed by atoms with Crippen LogP contribution >= 0.6 is 0 Å². The molecule has 25 heavy (non-hydrogen) atoms. The Labute approximate surface area is 144 Å². The van der Waals surface area contributed by atoms with Gasteiger partial charge >= 0.3 is 6.03 Å². The summed E-state index contributed by atoms with van der Waals surface area (Å²) in [6, 6.07) is 7.73. The first-order chi connectivity index (χ1) is 12.2. The molecule has 130 valence electrons. The summed E-state index contributed by atoms with van der Waals surface area (Å²) in [7, 11) is 0. The van der Waals surface area contributed by atoms with E-state index in [1.807, 2.05) is 24.3 Å². The molecule has 9 heteroatoms. The first-order valence-electron chi connectivity index (χ1n) is 7.90. The fraction of sp³-hybridized carbons (Fsp3) is 0.312. The summed E-state index contributed by atoms with van der Waals surface area (Å²) in [4.78, 5) is 19.8. The third kappa shape index (κ3) is 5.13. The molecule has 0 aliphatic rings. The standard InChI is InChI=1S/C16H19N7O2/c1-12-21-15(25-22-12)5-6-18-16(24)19-8-13-3-2-4-14(7-13)9-23-11-17-10-20-23/h2-4,7,10-11H,5-6,8-9H2,1H3,(H2,18,19,24). The van der Waals surface area contributed by atoms with E-state index in [-0.39, 0.29) is 6.03 Å². The van der Waals surface area contributed by atoms with Crippen molar-refractivity contribution in [2.24, 2.45) is 0 Å². The topological polar surface area (TPSA) is 111 Å². The highest BCUT2D eigenvalue weighted by molar-refractivity contribution is 5.73. The van der Waals surface area contributed by atoms with Crippen molar-refractivity contribution in [2.75, 3.05) is 6.54 Å². The molecule has 0 radical (unpaired) electrons. The van der Waals surface area contributed by atoms with Gasteiger partial charge in [-0.1, -0.05) is 29.4 Å². The van der Waals surface area contributed by atoms with Gasteiger partial charge in [0.15, 0.2) is 5.82 Å². The van der Waals surface area contributed by atoms with Gasteiger partial charge in [-0.05, 0) is 18.1 Å². The average Bonchev–Trinajstić information content (AvgIpc) is 3.25. The van der Waals surface area contributed by atoms with E-state index in [1.165, 1.54) is 6.33 Å². The van der Waals surface area contributed by atoms with Crippen molar-refractivity contribution < 1.29 is 9.32 Å². The Morgan fingerprint density at radius 2 is 2.16 bits per heavy atom. The van der Waals surface area contributed by atoms with E-state index in [0.29, 0.717) is 37.8 Å². The second-order valence-corrected chi connectivity index (χ2v) is 5.51. The maximum Gasteiger partial charge on any atom is 0.315 e. The molecule has 9 nitrogen and oxygen atoms in total. The lowest BCUT2D eigenvalue weighted by atomic mass is 10.1.